The molecule has 0 radical (unpaired) electrons. The van der Waals surface area contributed by atoms with Crippen molar-refractivity contribution in [3.8, 4) is 5.75 Å². The molecule has 0 spiro atoms. The van der Waals surface area contributed by atoms with Crippen LogP contribution in [0.5, 0.6) is 5.75 Å². The number of nitrogens with two attached hydrogens (primary N) is 1. The predicted octanol–water partition coefficient (Wildman–Crippen LogP) is 2.26. The van der Waals surface area contributed by atoms with E-state index in [1.54, 1.807) is 14.2 Å². The van der Waals surface area contributed by atoms with Crippen LogP contribution in [-0.2, 0) is 4.74 Å². The van der Waals surface area contributed by atoms with Crippen molar-refractivity contribution < 1.29 is 9.47 Å². The Hall–Kier alpha value is -2.54. The second-order valence-corrected chi connectivity index (χ2v) is 4.61. The topological polar surface area (TPSA) is 94.3 Å². The van der Waals surface area contributed by atoms with Gasteiger partial charge < -0.3 is 25.8 Å². The van der Waals surface area contributed by atoms with Crippen molar-refractivity contribution in [1.82, 2.24) is 9.97 Å². The van der Waals surface area contributed by atoms with Gasteiger partial charge in [-0.15, -0.1) is 0 Å². The summed E-state index contributed by atoms with van der Waals surface area (Å²) in [4.78, 5) is 8.34. The van der Waals surface area contributed by atoms with Gasteiger partial charge in [-0.3, -0.25) is 0 Å². The molecule has 7 nitrogen and oxygen atoms in total. The minimum absolute atomic E-state index is 0.475. The number of nitrogens with one attached hydrogen (secondary N) is 2. The second-order valence-electron chi connectivity index (χ2n) is 4.61. The van der Waals surface area contributed by atoms with E-state index in [0.29, 0.717) is 23.9 Å². The first-order chi connectivity index (χ1) is 10.7. The zero-order valence-electron chi connectivity index (χ0n) is 12.8. The van der Waals surface area contributed by atoms with Crippen LogP contribution in [0.25, 0.3) is 0 Å². The summed E-state index contributed by atoms with van der Waals surface area (Å²) >= 11 is 0. The van der Waals surface area contributed by atoms with E-state index in [9.17, 15) is 0 Å². The summed E-state index contributed by atoms with van der Waals surface area (Å²) in [7, 11) is 3.30. The zero-order chi connectivity index (χ0) is 15.8. The highest BCUT2D eigenvalue weighted by atomic mass is 16.5. The number of anilines is 4. The van der Waals surface area contributed by atoms with E-state index in [1.165, 1.54) is 6.33 Å². The number of nitrogen functional groups attached to an aromatic ring is 1. The highest BCUT2D eigenvalue weighted by molar-refractivity contribution is 5.77. The van der Waals surface area contributed by atoms with E-state index in [1.807, 2.05) is 24.3 Å². The summed E-state index contributed by atoms with van der Waals surface area (Å²) in [5.74, 6) is 1.92. The van der Waals surface area contributed by atoms with Crippen LogP contribution in [0.15, 0.2) is 30.6 Å². The zero-order valence-corrected chi connectivity index (χ0v) is 12.8. The van der Waals surface area contributed by atoms with Gasteiger partial charge in [0.25, 0.3) is 0 Å². The molecule has 0 bridgehead atoms. The van der Waals surface area contributed by atoms with E-state index in [2.05, 4.69) is 20.6 Å². The van der Waals surface area contributed by atoms with Crippen molar-refractivity contribution in [2.24, 2.45) is 0 Å². The SMILES string of the molecule is COCCCNc1ncnc(Nc2cccc(OC)c2)c1N. The van der Waals surface area contributed by atoms with Gasteiger partial charge in [-0.25, -0.2) is 9.97 Å². The summed E-state index contributed by atoms with van der Waals surface area (Å²) in [5.41, 5.74) is 7.42. The first kappa shape index (κ1) is 15.8. The minimum Gasteiger partial charge on any atom is -0.497 e. The Morgan fingerprint density at radius 2 is 2.00 bits per heavy atom. The highest BCUT2D eigenvalue weighted by Crippen LogP contribution is 2.27. The molecule has 118 valence electrons. The molecular formula is C15H21N5O2. The molecule has 0 saturated carbocycles. The third kappa shape index (κ3) is 4.23. The first-order valence-electron chi connectivity index (χ1n) is 6.99. The molecular weight excluding hydrogens is 282 g/mol. The van der Waals surface area contributed by atoms with Gasteiger partial charge in [0.1, 0.15) is 17.8 Å². The largest absolute Gasteiger partial charge is 0.497 e. The van der Waals surface area contributed by atoms with Gasteiger partial charge in [0.05, 0.1) is 7.11 Å². The third-order valence-electron chi connectivity index (χ3n) is 3.03. The predicted molar refractivity (Wildman–Crippen MR) is 87.7 cm³/mol. The second kappa shape index (κ2) is 8.04. The molecule has 4 N–H and O–H groups in total. The smallest absolute Gasteiger partial charge is 0.159 e. The van der Waals surface area contributed by atoms with Crippen LogP contribution in [0.4, 0.5) is 23.0 Å². The Kier molecular flexibility index (Phi) is 5.79. The van der Waals surface area contributed by atoms with Gasteiger partial charge in [0.2, 0.25) is 0 Å². The normalized spacial score (nSPS) is 10.3. The Morgan fingerprint density at radius 1 is 1.18 bits per heavy atom. The molecule has 0 aliphatic carbocycles. The maximum absolute atomic E-state index is 6.10. The van der Waals surface area contributed by atoms with Crippen molar-refractivity contribution in [3.63, 3.8) is 0 Å². The molecule has 7 heteroatoms. The molecule has 0 atom stereocenters. The van der Waals surface area contributed by atoms with Crippen LogP contribution in [0.2, 0.25) is 0 Å². The number of methoxy groups -OCH3 is 2. The van der Waals surface area contributed by atoms with Crippen LogP contribution < -0.4 is 21.1 Å². The molecule has 0 fully saturated rings. The van der Waals surface area contributed by atoms with Crippen molar-refractivity contribution in [3.05, 3.63) is 30.6 Å². The first-order valence-corrected chi connectivity index (χ1v) is 6.99. The van der Waals surface area contributed by atoms with Gasteiger partial charge in [-0.2, -0.15) is 0 Å². The van der Waals surface area contributed by atoms with Crippen LogP contribution in [0.1, 0.15) is 6.42 Å². The number of benzene rings is 1. The Balaban J connectivity index is 2.07. The van der Waals surface area contributed by atoms with Gasteiger partial charge >= 0.3 is 0 Å². The number of hydrogen-bond acceptors (Lipinski definition) is 7. The average Bonchev–Trinajstić information content (AvgIpc) is 2.55. The number of ether oxygens (including phenoxy) is 2. The van der Waals surface area contributed by atoms with Gasteiger partial charge in [0, 0.05) is 32.0 Å². The maximum Gasteiger partial charge on any atom is 0.159 e. The fourth-order valence-electron chi connectivity index (χ4n) is 1.90. The number of aromatic nitrogens is 2. The van der Waals surface area contributed by atoms with E-state index < -0.39 is 0 Å². The van der Waals surface area contributed by atoms with Crippen LogP contribution in [0, 0.1) is 0 Å². The lowest BCUT2D eigenvalue weighted by molar-refractivity contribution is 0.198. The van der Waals surface area contributed by atoms with Crippen LogP contribution in [-0.4, -0.2) is 37.3 Å². The van der Waals surface area contributed by atoms with E-state index in [4.69, 9.17) is 15.2 Å². The molecule has 1 aromatic heterocycles. The Bertz CT molecular complexity index is 606. The van der Waals surface area contributed by atoms with Crippen molar-refractivity contribution in [2.45, 2.75) is 6.42 Å². The van der Waals surface area contributed by atoms with Crippen LogP contribution in [0.3, 0.4) is 0 Å². The minimum atomic E-state index is 0.475. The van der Waals surface area contributed by atoms with E-state index in [0.717, 1.165) is 24.4 Å². The lowest BCUT2D eigenvalue weighted by Crippen LogP contribution is -2.10. The molecule has 1 aromatic carbocycles. The Morgan fingerprint density at radius 3 is 2.77 bits per heavy atom. The van der Waals surface area contributed by atoms with Gasteiger partial charge in [-0.05, 0) is 18.6 Å². The summed E-state index contributed by atoms with van der Waals surface area (Å²) in [6.45, 7) is 1.42. The van der Waals surface area contributed by atoms with E-state index in [-0.39, 0.29) is 0 Å². The fourth-order valence-corrected chi connectivity index (χ4v) is 1.90. The quantitative estimate of drug-likeness (QED) is 0.644. The summed E-state index contributed by atoms with van der Waals surface area (Å²) in [6, 6.07) is 7.54. The van der Waals surface area contributed by atoms with Crippen molar-refractivity contribution in [2.75, 3.05) is 43.7 Å². The van der Waals surface area contributed by atoms with Crippen LogP contribution >= 0.6 is 0 Å². The van der Waals surface area contributed by atoms with Crippen molar-refractivity contribution >= 4 is 23.0 Å². The Labute approximate surface area is 129 Å². The fraction of sp³-hybridized carbons (Fsp3) is 0.333. The van der Waals surface area contributed by atoms with Gasteiger partial charge in [0.15, 0.2) is 11.6 Å². The summed E-state index contributed by atoms with van der Waals surface area (Å²) in [5, 5.41) is 6.34. The number of rotatable bonds is 8. The molecule has 2 aromatic rings. The summed E-state index contributed by atoms with van der Waals surface area (Å²) in [6.07, 6.45) is 2.34. The monoisotopic (exact) mass is 303 g/mol. The molecule has 1 heterocycles. The molecule has 0 aliphatic heterocycles. The molecule has 0 amide bonds. The lowest BCUT2D eigenvalue weighted by Gasteiger charge is -2.13. The van der Waals surface area contributed by atoms with E-state index >= 15 is 0 Å². The third-order valence-corrected chi connectivity index (χ3v) is 3.03. The summed E-state index contributed by atoms with van der Waals surface area (Å²) < 4.78 is 10.2. The van der Waals surface area contributed by atoms with Gasteiger partial charge in [-0.1, -0.05) is 6.07 Å². The lowest BCUT2D eigenvalue weighted by atomic mass is 10.3. The molecule has 22 heavy (non-hydrogen) atoms. The number of nitrogens with zero attached hydrogens (tertiary/aromatic N) is 2. The molecule has 0 aliphatic rings. The number of hydrogen-bond donors (Lipinski definition) is 3. The molecule has 0 saturated heterocycles. The van der Waals surface area contributed by atoms with Crippen molar-refractivity contribution in [1.29, 1.82) is 0 Å². The molecule has 2 rings (SSSR count). The average molecular weight is 303 g/mol. The highest BCUT2D eigenvalue weighted by Gasteiger charge is 2.08. The maximum atomic E-state index is 6.10. The molecule has 0 unspecified atom stereocenters. The standard InChI is InChI=1S/C15H21N5O2/c1-21-8-4-7-17-14-13(16)15(19-10-18-14)20-11-5-3-6-12(9-11)22-2/h3,5-6,9-10H,4,7-8,16H2,1-2H3,(H2,17,18,19,20).